The van der Waals surface area contributed by atoms with Crippen molar-refractivity contribution < 1.29 is 4.79 Å². The number of pyridine rings is 1. The summed E-state index contributed by atoms with van der Waals surface area (Å²) in [6.07, 6.45) is 4.79. The van der Waals surface area contributed by atoms with Gasteiger partial charge in [0.1, 0.15) is 5.69 Å². The summed E-state index contributed by atoms with van der Waals surface area (Å²) in [4.78, 5) is 32.2. The van der Waals surface area contributed by atoms with Crippen LogP contribution in [0, 0.1) is 25.7 Å². The van der Waals surface area contributed by atoms with Crippen LogP contribution in [0.5, 0.6) is 0 Å². The molecule has 1 amide bonds. The number of nitrogens with zero attached hydrogens (tertiary/aromatic N) is 8. The minimum absolute atomic E-state index is 0.0849. The van der Waals surface area contributed by atoms with Crippen LogP contribution < -0.4 is 4.90 Å². The smallest absolute Gasteiger partial charge is 0.274 e. The fourth-order valence-corrected chi connectivity index (χ4v) is 4.45. The summed E-state index contributed by atoms with van der Waals surface area (Å²) in [5, 5.41) is 8.90. The Morgan fingerprint density at radius 3 is 2.27 bits per heavy atom. The second-order valence-electron chi connectivity index (χ2n) is 7.83. The molecule has 154 valence electrons. The minimum atomic E-state index is -0.0849. The quantitative estimate of drug-likeness (QED) is 0.634. The van der Waals surface area contributed by atoms with E-state index in [2.05, 4.69) is 30.0 Å². The SMILES string of the molecule is Cc1nc(N2CC3CN(C(=O)c4ncccc4-n4nccn4)CC3C2)nc(C)c1Cl. The number of hydrogen-bond donors (Lipinski definition) is 0. The molecule has 5 heterocycles. The predicted molar refractivity (Wildman–Crippen MR) is 111 cm³/mol. The van der Waals surface area contributed by atoms with Crippen LogP contribution in [0.25, 0.3) is 5.69 Å². The van der Waals surface area contributed by atoms with E-state index in [1.54, 1.807) is 30.7 Å². The average Bonchev–Trinajstić information content (AvgIpc) is 3.47. The number of halogens is 1. The van der Waals surface area contributed by atoms with Gasteiger partial charge in [-0.1, -0.05) is 11.6 Å². The number of anilines is 1. The van der Waals surface area contributed by atoms with Crippen LogP contribution in [0.2, 0.25) is 5.02 Å². The van der Waals surface area contributed by atoms with E-state index in [1.165, 1.54) is 4.80 Å². The number of aryl methyl sites for hydroxylation is 2. The van der Waals surface area contributed by atoms with E-state index in [4.69, 9.17) is 11.6 Å². The first kappa shape index (κ1) is 18.9. The maximum Gasteiger partial charge on any atom is 0.274 e. The fourth-order valence-electron chi connectivity index (χ4n) is 4.36. The summed E-state index contributed by atoms with van der Waals surface area (Å²) >= 11 is 6.21. The summed E-state index contributed by atoms with van der Waals surface area (Å²) in [6, 6.07) is 3.59. The second-order valence-corrected chi connectivity index (χ2v) is 8.21. The Morgan fingerprint density at radius 1 is 1.00 bits per heavy atom. The summed E-state index contributed by atoms with van der Waals surface area (Å²) in [5.41, 5.74) is 2.55. The van der Waals surface area contributed by atoms with Crippen molar-refractivity contribution in [1.29, 1.82) is 0 Å². The van der Waals surface area contributed by atoms with Crippen LogP contribution in [-0.2, 0) is 0 Å². The van der Waals surface area contributed by atoms with Crippen LogP contribution >= 0.6 is 11.6 Å². The molecule has 2 fully saturated rings. The standard InChI is InChI=1S/C20H21ClN8O/c1-12-17(21)13(2)26-20(25-12)28-10-14-8-27(9-15(14)11-28)19(30)18-16(4-3-5-22-18)29-23-6-7-24-29/h3-7,14-15H,8-11H2,1-2H3. The molecule has 2 unspecified atom stereocenters. The zero-order valence-electron chi connectivity index (χ0n) is 16.7. The molecule has 0 aliphatic carbocycles. The van der Waals surface area contributed by atoms with E-state index in [9.17, 15) is 4.79 Å². The molecular weight excluding hydrogens is 404 g/mol. The van der Waals surface area contributed by atoms with Gasteiger partial charge in [0.2, 0.25) is 5.95 Å². The van der Waals surface area contributed by atoms with Gasteiger partial charge in [-0.2, -0.15) is 10.2 Å². The lowest BCUT2D eigenvalue weighted by Crippen LogP contribution is -2.35. The molecule has 0 spiro atoms. The average molecular weight is 425 g/mol. The third kappa shape index (κ3) is 3.19. The fraction of sp³-hybridized carbons (Fsp3) is 0.400. The van der Waals surface area contributed by atoms with Crippen LogP contribution in [0.4, 0.5) is 5.95 Å². The second kappa shape index (κ2) is 7.32. The predicted octanol–water partition coefficient (Wildman–Crippen LogP) is 1.93. The van der Waals surface area contributed by atoms with Crippen molar-refractivity contribution in [2.45, 2.75) is 13.8 Å². The maximum absolute atomic E-state index is 13.2. The van der Waals surface area contributed by atoms with Gasteiger partial charge >= 0.3 is 0 Å². The highest BCUT2D eigenvalue weighted by atomic mass is 35.5. The topological polar surface area (TPSA) is 92.9 Å². The molecule has 2 atom stereocenters. The molecule has 2 saturated heterocycles. The van der Waals surface area contributed by atoms with Crippen molar-refractivity contribution in [3.8, 4) is 5.69 Å². The Hall–Kier alpha value is -3.07. The zero-order valence-corrected chi connectivity index (χ0v) is 17.5. The molecule has 2 aliphatic rings. The first-order valence-corrected chi connectivity index (χ1v) is 10.3. The number of rotatable bonds is 3. The van der Waals surface area contributed by atoms with Gasteiger partial charge in [-0.3, -0.25) is 4.79 Å². The molecule has 0 bridgehead atoms. The van der Waals surface area contributed by atoms with Crippen LogP contribution in [-0.4, -0.2) is 66.9 Å². The first-order chi connectivity index (χ1) is 14.5. The highest BCUT2D eigenvalue weighted by Crippen LogP contribution is 2.34. The Morgan fingerprint density at radius 2 is 1.63 bits per heavy atom. The number of fused-ring (bicyclic) bond motifs is 1. The third-order valence-electron chi connectivity index (χ3n) is 5.85. The van der Waals surface area contributed by atoms with Crippen LogP contribution in [0.3, 0.4) is 0 Å². The van der Waals surface area contributed by atoms with Gasteiger partial charge in [-0.25, -0.2) is 15.0 Å². The maximum atomic E-state index is 13.2. The Labute approximate surface area is 178 Å². The molecule has 30 heavy (non-hydrogen) atoms. The molecule has 3 aromatic heterocycles. The van der Waals surface area contributed by atoms with Gasteiger partial charge in [0, 0.05) is 44.2 Å². The lowest BCUT2D eigenvalue weighted by atomic mass is 10.0. The molecule has 5 rings (SSSR count). The zero-order chi connectivity index (χ0) is 20.8. The van der Waals surface area contributed by atoms with Crippen molar-refractivity contribution in [2.24, 2.45) is 11.8 Å². The largest absolute Gasteiger partial charge is 0.340 e. The van der Waals surface area contributed by atoms with Crippen molar-refractivity contribution >= 4 is 23.5 Å². The molecule has 0 aromatic carbocycles. The highest BCUT2D eigenvalue weighted by molar-refractivity contribution is 6.31. The lowest BCUT2D eigenvalue weighted by molar-refractivity contribution is 0.0776. The summed E-state index contributed by atoms with van der Waals surface area (Å²) < 4.78 is 0. The van der Waals surface area contributed by atoms with E-state index in [-0.39, 0.29) is 5.91 Å². The molecule has 2 aliphatic heterocycles. The number of hydrogen-bond acceptors (Lipinski definition) is 7. The van der Waals surface area contributed by atoms with Crippen LogP contribution in [0.1, 0.15) is 21.9 Å². The van der Waals surface area contributed by atoms with Crippen molar-refractivity contribution in [2.75, 3.05) is 31.1 Å². The van der Waals surface area contributed by atoms with Crippen molar-refractivity contribution in [1.82, 2.24) is 34.8 Å². The van der Waals surface area contributed by atoms with E-state index in [0.29, 0.717) is 41.3 Å². The van der Waals surface area contributed by atoms with Gasteiger partial charge in [0.25, 0.3) is 5.91 Å². The van der Waals surface area contributed by atoms with Gasteiger partial charge in [0.05, 0.1) is 28.8 Å². The number of aromatic nitrogens is 6. The normalized spacial score (nSPS) is 20.6. The summed E-state index contributed by atoms with van der Waals surface area (Å²) in [6.45, 7) is 6.82. The van der Waals surface area contributed by atoms with Gasteiger partial charge in [-0.05, 0) is 26.0 Å². The monoisotopic (exact) mass is 424 g/mol. The number of likely N-dealkylation sites (tertiary alicyclic amines) is 1. The molecule has 0 N–H and O–H groups in total. The Kier molecular flexibility index (Phi) is 4.62. The summed E-state index contributed by atoms with van der Waals surface area (Å²) in [5.74, 6) is 1.39. The van der Waals surface area contributed by atoms with Gasteiger partial charge in [-0.15, -0.1) is 4.80 Å². The summed E-state index contributed by atoms with van der Waals surface area (Å²) in [7, 11) is 0. The molecule has 0 radical (unpaired) electrons. The van der Waals surface area contributed by atoms with E-state index in [0.717, 1.165) is 30.4 Å². The molecule has 10 heteroatoms. The van der Waals surface area contributed by atoms with Gasteiger partial charge in [0.15, 0.2) is 5.69 Å². The van der Waals surface area contributed by atoms with Crippen molar-refractivity contribution in [3.05, 3.63) is 52.8 Å². The molecule has 0 saturated carbocycles. The number of carbonyl (C=O) groups is 1. The first-order valence-electron chi connectivity index (χ1n) is 9.88. The third-order valence-corrected chi connectivity index (χ3v) is 6.40. The minimum Gasteiger partial charge on any atom is -0.340 e. The van der Waals surface area contributed by atoms with E-state index >= 15 is 0 Å². The Balaban J connectivity index is 1.32. The van der Waals surface area contributed by atoms with Crippen LogP contribution in [0.15, 0.2) is 30.7 Å². The Bertz CT molecular complexity index is 1060. The molecular formula is C20H21ClN8O. The van der Waals surface area contributed by atoms with E-state index < -0.39 is 0 Å². The molecule has 9 nitrogen and oxygen atoms in total. The van der Waals surface area contributed by atoms with E-state index in [1.807, 2.05) is 18.7 Å². The number of amides is 1. The lowest BCUT2D eigenvalue weighted by Gasteiger charge is -2.22. The molecule has 3 aromatic rings. The van der Waals surface area contributed by atoms with Gasteiger partial charge < -0.3 is 9.80 Å². The number of carbonyl (C=O) groups excluding carboxylic acids is 1. The highest BCUT2D eigenvalue weighted by Gasteiger charge is 2.43. The van der Waals surface area contributed by atoms with Crippen molar-refractivity contribution in [3.63, 3.8) is 0 Å².